The Kier molecular flexibility index (Phi) is 4.59. The highest BCUT2D eigenvalue weighted by Gasteiger charge is 2.30. The summed E-state index contributed by atoms with van der Waals surface area (Å²) >= 11 is 0. The molecule has 7 heteroatoms. The van der Waals surface area contributed by atoms with Crippen molar-refractivity contribution in [1.82, 2.24) is 24.4 Å². The minimum atomic E-state index is -0.144. The van der Waals surface area contributed by atoms with Gasteiger partial charge < -0.3 is 14.2 Å². The van der Waals surface area contributed by atoms with Crippen LogP contribution in [0.15, 0.2) is 61.4 Å². The van der Waals surface area contributed by atoms with Gasteiger partial charge in [0.1, 0.15) is 18.1 Å². The zero-order valence-corrected chi connectivity index (χ0v) is 14.2. The van der Waals surface area contributed by atoms with Crippen molar-refractivity contribution in [2.45, 2.75) is 25.6 Å². The van der Waals surface area contributed by atoms with Gasteiger partial charge in [-0.05, 0) is 18.6 Å². The fraction of sp³-hybridized carbons (Fsp3) is 0.263. The molecule has 26 heavy (non-hydrogen) atoms. The van der Waals surface area contributed by atoms with E-state index in [2.05, 4.69) is 19.5 Å². The monoisotopic (exact) mass is 349 g/mol. The van der Waals surface area contributed by atoms with Crippen LogP contribution in [0, 0.1) is 0 Å². The van der Waals surface area contributed by atoms with Crippen LogP contribution in [0.3, 0.4) is 0 Å². The summed E-state index contributed by atoms with van der Waals surface area (Å²) in [4.78, 5) is 27.2. The molecule has 7 nitrogen and oxygen atoms in total. The van der Waals surface area contributed by atoms with Crippen molar-refractivity contribution >= 4 is 5.91 Å². The van der Waals surface area contributed by atoms with Gasteiger partial charge in [-0.3, -0.25) is 9.78 Å². The van der Waals surface area contributed by atoms with Crippen LogP contribution in [-0.2, 0) is 13.1 Å². The van der Waals surface area contributed by atoms with Gasteiger partial charge in [-0.2, -0.15) is 0 Å². The molecule has 0 unspecified atom stereocenters. The summed E-state index contributed by atoms with van der Waals surface area (Å²) in [5.41, 5.74) is 1.34. The Hall–Kier alpha value is -3.22. The molecule has 0 saturated heterocycles. The first kappa shape index (κ1) is 16.3. The van der Waals surface area contributed by atoms with Crippen molar-refractivity contribution in [3.05, 3.63) is 72.8 Å². The maximum atomic E-state index is 13.0. The molecule has 0 spiro atoms. The number of fused-ring (bicyclic) bond motifs is 1. The van der Waals surface area contributed by atoms with E-state index in [0.717, 1.165) is 24.4 Å². The van der Waals surface area contributed by atoms with Crippen LogP contribution in [0.4, 0.5) is 0 Å². The molecule has 0 fully saturated rings. The second kappa shape index (κ2) is 7.35. The van der Waals surface area contributed by atoms with E-state index < -0.39 is 0 Å². The lowest BCUT2D eigenvalue weighted by Crippen LogP contribution is -2.43. The zero-order chi connectivity index (χ0) is 17.8. The lowest BCUT2D eigenvalue weighted by molar-refractivity contribution is 0.0582. The highest BCUT2D eigenvalue weighted by Crippen LogP contribution is 2.21. The van der Waals surface area contributed by atoms with E-state index in [0.29, 0.717) is 18.8 Å². The number of aryl methyl sites for hydroxylation is 1. The largest absolute Gasteiger partial charge is 0.491 e. The van der Waals surface area contributed by atoms with E-state index in [1.165, 1.54) is 12.4 Å². The number of nitrogens with zero attached hydrogens (tertiary/aromatic N) is 5. The fourth-order valence-corrected chi connectivity index (χ4v) is 3.11. The third-order valence-corrected chi connectivity index (χ3v) is 4.50. The molecule has 132 valence electrons. The molecule has 1 aliphatic heterocycles. The molecule has 3 heterocycles. The average Bonchev–Trinajstić information content (AvgIpc) is 3.07. The number of benzene rings is 1. The molecule has 0 radical (unpaired) electrons. The highest BCUT2D eigenvalue weighted by atomic mass is 16.5. The molecule has 0 aliphatic carbocycles. The lowest BCUT2D eigenvalue weighted by Gasteiger charge is -2.29. The fourth-order valence-electron chi connectivity index (χ4n) is 3.11. The van der Waals surface area contributed by atoms with Crippen molar-refractivity contribution in [3.8, 4) is 5.75 Å². The maximum Gasteiger partial charge on any atom is 0.274 e. The topological polar surface area (TPSA) is 73.1 Å². The third-order valence-electron chi connectivity index (χ3n) is 4.50. The standard InChI is InChI=1S/C19H19N5O2/c25-19(18-11-20-7-8-22-18)24-12-16-10-21-14-23(16)9-6-15(24)13-26-17-4-2-1-3-5-17/h1-5,7-8,10-11,14-15H,6,9,12-13H2/t15-/m0/s1. The van der Waals surface area contributed by atoms with Gasteiger partial charge in [0.2, 0.25) is 0 Å². The van der Waals surface area contributed by atoms with Crippen LogP contribution in [0.5, 0.6) is 5.75 Å². The quantitative estimate of drug-likeness (QED) is 0.722. The number of imidazole rings is 1. The second-order valence-electron chi connectivity index (χ2n) is 6.17. The van der Waals surface area contributed by atoms with Crippen LogP contribution in [0.25, 0.3) is 0 Å². The van der Waals surface area contributed by atoms with Crippen LogP contribution >= 0.6 is 0 Å². The highest BCUT2D eigenvalue weighted by molar-refractivity contribution is 5.92. The molecule has 1 amide bonds. The van der Waals surface area contributed by atoms with E-state index >= 15 is 0 Å². The molecule has 0 N–H and O–H groups in total. The summed E-state index contributed by atoms with van der Waals surface area (Å²) in [7, 11) is 0. The zero-order valence-electron chi connectivity index (χ0n) is 14.2. The smallest absolute Gasteiger partial charge is 0.274 e. The molecule has 3 aromatic rings. The summed E-state index contributed by atoms with van der Waals surface area (Å²) in [6.45, 7) is 1.69. The summed E-state index contributed by atoms with van der Waals surface area (Å²) in [5, 5.41) is 0. The molecule has 1 atom stereocenters. The van der Waals surface area contributed by atoms with Crippen molar-refractivity contribution in [1.29, 1.82) is 0 Å². The molecular formula is C19H19N5O2. The van der Waals surface area contributed by atoms with Gasteiger partial charge in [0.15, 0.2) is 0 Å². The first-order valence-corrected chi connectivity index (χ1v) is 8.55. The van der Waals surface area contributed by atoms with Gasteiger partial charge in [-0.25, -0.2) is 9.97 Å². The number of carbonyl (C=O) groups is 1. The van der Waals surface area contributed by atoms with Gasteiger partial charge in [0.05, 0.1) is 30.8 Å². The van der Waals surface area contributed by atoms with E-state index in [1.807, 2.05) is 35.2 Å². The normalized spacial score (nSPS) is 16.6. The maximum absolute atomic E-state index is 13.0. The van der Waals surface area contributed by atoms with Crippen LogP contribution in [0.1, 0.15) is 22.6 Å². The Morgan fingerprint density at radius 1 is 1.15 bits per heavy atom. The predicted octanol–water partition coefficient (Wildman–Crippen LogP) is 2.17. The van der Waals surface area contributed by atoms with Crippen LogP contribution in [-0.4, -0.2) is 43.0 Å². The van der Waals surface area contributed by atoms with E-state index in [1.54, 1.807) is 18.7 Å². The Labute approximate surface area is 151 Å². The molecule has 2 aromatic heterocycles. The lowest BCUT2D eigenvalue weighted by atomic mass is 10.1. The van der Waals surface area contributed by atoms with Gasteiger partial charge >= 0.3 is 0 Å². The van der Waals surface area contributed by atoms with Gasteiger partial charge in [0.25, 0.3) is 5.91 Å². The van der Waals surface area contributed by atoms with E-state index in [9.17, 15) is 4.79 Å². The van der Waals surface area contributed by atoms with Crippen molar-refractivity contribution < 1.29 is 9.53 Å². The number of carbonyl (C=O) groups excluding carboxylic acids is 1. The molecule has 0 saturated carbocycles. The minimum absolute atomic E-state index is 0.0652. The second-order valence-corrected chi connectivity index (χ2v) is 6.17. The number of aromatic nitrogens is 4. The van der Waals surface area contributed by atoms with Crippen molar-refractivity contribution in [3.63, 3.8) is 0 Å². The molecule has 1 aliphatic rings. The summed E-state index contributed by atoms with van der Waals surface area (Å²) in [6.07, 6.45) is 8.98. The molecule has 0 bridgehead atoms. The minimum Gasteiger partial charge on any atom is -0.491 e. The summed E-state index contributed by atoms with van der Waals surface area (Å²) in [5.74, 6) is 0.652. The predicted molar refractivity (Wildman–Crippen MR) is 94.5 cm³/mol. The number of para-hydroxylation sites is 1. The third kappa shape index (κ3) is 3.42. The Bertz CT molecular complexity index is 866. The van der Waals surface area contributed by atoms with Gasteiger partial charge in [0, 0.05) is 25.1 Å². The van der Waals surface area contributed by atoms with E-state index in [4.69, 9.17) is 4.74 Å². The van der Waals surface area contributed by atoms with Crippen molar-refractivity contribution in [2.75, 3.05) is 6.61 Å². The first-order chi connectivity index (χ1) is 12.8. The molecule has 1 aromatic carbocycles. The Morgan fingerprint density at radius 3 is 2.85 bits per heavy atom. The first-order valence-electron chi connectivity index (χ1n) is 8.55. The van der Waals surface area contributed by atoms with Gasteiger partial charge in [-0.1, -0.05) is 18.2 Å². The summed E-state index contributed by atoms with van der Waals surface area (Å²) in [6, 6.07) is 9.58. The van der Waals surface area contributed by atoms with E-state index in [-0.39, 0.29) is 11.9 Å². The van der Waals surface area contributed by atoms with Gasteiger partial charge in [-0.15, -0.1) is 0 Å². The number of hydrogen-bond acceptors (Lipinski definition) is 5. The Balaban J connectivity index is 1.57. The summed E-state index contributed by atoms with van der Waals surface area (Å²) < 4.78 is 8.02. The SMILES string of the molecule is O=C(c1cnccn1)N1Cc2cncn2CC[C@H]1COc1ccccc1. The number of rotatable bonds is 4. The number of hydrogen-bond donors (Lipinski definition) is 0. The van der Waals surface area contributed by atoms with Crippen LogP contribution in [0.2, 0.25) is 0 Å². The van der Waals surface area contributed by atoms with Crippen LogP contribution < -0.4 is 4.74 Å². The molecular weight excluding hydrogens is 330 g/mol. The Morgan fingerprint density at radius 2 is 2.04 bits per heavy atom. The van der Waals surface area contributed by atoms with Crippen molar-refractivity contribution in [2.24, 2.45) is 0 Å². The number of ether oxygens (including phenoxy) is 1. The molecule has 4 rings (SSSR count). The number of amides is 1. The average molecular weight is 349 g/mol.